The molecule has 0 saturated heterocycles. The van der Waals surface area contributed by atoms with Crippen LogP contribution in [0.25, 0.3) is 11.3 Å². The van der Waals surface area contributed by atoms with E-state index in [1.54, 1.807) is 21.3 Å². The Morgan fingerprint density at radius 2 is 1.81 bits per heavy atom. The molecule has 4 rings (SSSR count). The van der Waals surface area contributed by atoms with Gasteiger partial charge in [0.1, 0.15) is 5.69 Å². The van der Waals surface area contributed by atoms with Gasteiger partial charge >= 0.3 is 0 Å². The van der Waals surface area contributed by atoms with Gasteiger partial charge in [0, 0.05) is 35.9 Å². The lowest BCUT2D eigenvalue weighted by atomic mass is 9.95. The second kappa shape index (κ2) is 9.11. The first kappa shape index (κ1) is 21.4. The Bertz CT molecular complexity index is 1080. The molecule has 0 aliphatic carbocycles. The molecule has 0 bridgehead atoms. The maximum Gasteiger partial charge on any atom is 0.273 e. The van der Waals surface area contributed by atoms with Crippen molar-refractivity contribution in [1.29, 1.82) is 0 Å². The maximum absolute atomic E-state index is 13.3. The quantitative estimate of drug-likeness (QED) is 0.477. The second-order valence-corrected chi connectivity index (χ2v) is 8.15. The zero-order chi connectivity index (χ0) is 22.0. The van der Waals surface area contributed by atoms with E-state index in [1.807, 2.05) is 47.4 Å². The molecular formula is C23H24BrN3O4. The monoisotopic (exact) mass is 485 g/mol. The van der Waals surface area contributed by atoms with Gasteiger partial charge in [0.15, 0.2) is 11.5 Å². The van der Waals surface area contributed by atoms with Crippen LogP contribution in [0.15, 0.2) is 46.9 Å². The summed E-state index contributed by atoms with van der Waals surface area (Å²) in [4.78, 5) is 15.2. The van der Waals surface area contributed by atoms with Gasteiger partial charge in [-0.3, -0.25) is 9.89 Å². The topological polar surface area (TPSA) is 76.7 Å². The molecule has 1 amide bonds. The maximum atomic E-state index is 13.3. The van der Waals surface area contributed by atoms with E-state index < -0.39 is 0 Å². The summed E-state index contributed by atoms with van der Waals surface area (Å²) >= 11 is 3.48. The van der Waals surface area contributed by atoms with E-state index in [0.29, 0.717) is 30.3 Å². The van der Waals surface area contributed by atoms with Crippen LogP contribution in [0.3, 0.4) is 0 Å². The highest BCUT2D eigenvalue weighted by atomic mass is 79.9. The largest absolute Gasteiger partial charge is 0.493 e. The summed E-state index contributed by atoms with van der Waals surface area (Å²) in [6, 6.07) is 13.4. The Balaban J connectivity index is 1.83. The van der Waals surface area contributed by atoms with E-state index in [2.05, 4.69) is 26.1 Å². The first-order chi connectivity index (χ1) is 15.1. The minimum absolute atomic E-state index is 0.0678. The number of halogens is 1. The third-order valence-corrected chi connectivity index (χ3v) is 5.98. The lowest BCUT2D eigenvalue weighted by Crippen LogP contribution is -2.31. The van der Waals surface area contributed by atoms with Gasteiger partial charge < -0.3 is 19.1 Å². The van der Waals surface area contributed by atoms with Crippen LogP contribution >= 0.6 is 15.9 Å². The fourth-order valence-corrected chi connectivity index (χ4v) is 4.27. The molecule has 1 unspecified atom stereocenters. The summed E-state index contributed by atoms with van der Waals surface area (Å²) in [5.41, 5.74) is 4.04. The molecule has 8 heteroatoms. The summed E-state index contributed by atoms with van der Waals surface area (Å²) < 4.78 is 17.1. The number of nitrogens with one attached hydrogen (secondary N) is 1. The van der Waals surface area contributed by atoms with Gasteiger partial charge in [0.2, 0.25) is 0 Å². The Morgan fingerprint density at radius 1 is 1.06 bits per heavy atom. The molecule has 31 heavy (non-hydrogen) atoms. The van der Waals surface area contributed by atoms with E-state index in [1.165, 1.54) is 0 Å². The third-order valence-electron chi connectivity index (χ3n) is 5.45. The molecule has 7 nitrogen and oxygen atoms in total. The number of rotatable bonds is 8. The van der Waals surface area contributed by atoms with Gasteiger partial charge in [-0.25, -0.2) is 0 Å². The number of methoxy groups -OCH3 is 3. The highest BCUT2D eigenvalue weighted by Gasteiger charge is 2.42. The molecular weight excluding hydrogens is 462 g/mol. The lowest BCUT2D eigenvalue weighted by Gasteiger charge is -2.27. The molecule has 2 aromatic carbocycles. The van der Waals surface area contributed by atoms with Crippen LogP contribution in [0.1, 0.15) is 34.1 Å². The molecule has 2 heterocycles. The Morgan fingerprint density at radius 3 is 2.48 bits per heavy atom. The van der Waals surface area contributed by atoms with Gasteiger partial charge in [0.25, 0.3) is 5.91 Å². The van der Waals surface area contributed by atoms with Gasteiger partial charge in [0.05, 0.1) is 26.0 Å². The summed E-state index contributed by atoms with van der Waals surface area (Å²) in [5.74, 6) is 1.19. The number of H-pyrrole nitrogens is 1. The predicted octanol–water partition coefficient (Wildman–Crippen LogP) is 4.44. The molecule has 162 valence electrons. The minimum Gasteiger partial charge on any atom is -0.493 e. The number of fused-ring (bicyclic) bond motifs is 1. The van der Waals surface area contributed by atoms with Gasteiger partial charge in [-0.1, -0.05) is 34.1 Å². The van der Waals surface area contributed by atoms with Crippen LogP contribution in [0.2, 0.25) is 0 Å². The molecule has 3 aromatic rings. The van der Waals surface area contributed by atoms with E-state index in [-0.39, 0.29) is 11.9 Å². The number of hydrogen-bond donors (Lipinski definition) is 1. The van der Waals surface area contributed by atoms with Crippen LogP contribution in [0, 0.1) is 0 Å². The average Bonchev–Trinajstić information content (AvgIpc) is 3.33. The first-order valence-electron chi connectivity index (χ1n) is 9.95. The minimum atomic E-state index is -0.295. The molecule has 1 N–H and O–H groups in total. The smallest absolute Gasteiger partial charge is 0.273 e. The van der Waals surface area contributed by atoms with Crippen LogP contribution in [0.4, 0.5) is 0 Å². The standard InChI is InChI=1S/C23H24BrN3O4/c1-29-12-4-11-27-22(15-7-10-17(30-2)18(13-15)31-3)19-20(25-26-21(19)23(27)28)14-5-8-16(24)9-6-14/h5-10,13,22H,4,11-12H2,1-3H3,(H,25,26). The summed E-state index contributed by atoms with van der Waals surface area (Å²) in [7, 11) is 4.87. The number of aromatic nitrogens is 2. The fraction of sp³-hybridized carbons (Fsp3) is 0.304. The Hall–Kier alpha value is -2.84. The summed E-state index contributed by atoms with van der Waals surface area (Å²) in [5, 5.41) is 7.48. The Kier molecular flexibility index (Phi) is 6.29. The summed E-state index contributed by atoms with van der Waals surface area (Å²) in [6.45, 7) is 1.14. The van der Waals surface area contributed by atoms with Crippen molar-refractivity contribution in [1.82, 2.24) is 15.1 Å². The zero-order valence-corrected chi connectivity index (χ0v) is 19.2. The van der Waals surface area contributed by atoms with E-state index >= 15 is 0 Å². The van der Waals surface area contributed by atoms with Crippen molar-refractivity contribution in [3.05, 3.63) is 63.8 Å². The van der Waals surface area contributed by atoms with Crippen LogP contribution in [0.5, 0.6) is 11.5 Å². The predicted molar refractivity (Wildman–Crippen MR) is 121 cm³/mol. The number of benzene rings is 2. The van der Waals surface area contributed by atoms with Crippen molar-refractivity contribution in [2.24, 2.45) is 0 Å². The van der Waals surface area contributed by atoms with Gasteiger partial charge in [-0.15, -0.1) is 0 Å². The number of hydrogen-bond acceptors (Lipinski definition) is 5. The Labute approximate surface area is 189 Å². The van der Waals surface area contributed by atoms with E-state index in [9.17, 15) is 4.79 Å². The van der Waals surface area contributed by atoms with Crippen molar-refractivity contribution in [3.63, 3.8) is 0 Å². The van der Waals surface area contributed by atoms with Crippen molar-refractivity contribution < 1.29 is 19.0 Å². The number of ether oxygens (including phenoxy) is 3. The van der Waals surface area contributed by atoms with Gasteiger partial charge in [-0.2, -0.15) is 5.10 Å². The highest BCUT2D eigenvalue weighted by molar-refractivity contribution is 9.10. The highest BCUT2D eigenvalue weighted by Crippen LogP contribution is 2.44. The number of nitrogens with zero attached hydrogens (tertiary/aromatic N) is 2. The SMILES string of the molecule is COCCCN1C(=O)c2[nH]nc(-c3ccc(Br)cc3)c2C1c1ccc(OC)c(OC)c1. The molecule has 0 spiro atoms. The van der Waals surface area contributed by atoms with Crippen molar-refractivity contribution in [2.75, 3.05) is 34.5 Å². The molecule has 0 fully saturated rings. The molecule has 0 radical (unpaired) electrons. The van der Waals surface area contributed by atoms with Crippen LogP contribution in [-0.4, -0.2) is 55.5 Å². The number of carbonyl (C=O) groups excluding carboxylic acids is 1. The molecule has 1 aliphatic rings. The summed E-state index contributed by atoms with van der Waals surface area (Å²) in [6.07, 6.45) is 0.733. The van der Waals surface area contributed by atoms with Crippen molar-refractivity contribution in [3.8, 4) is 22.8 Å². The number of amides is 1. The zero-order valence-electron chi connectivity index (χ0n) is 17.6. The molecule has 0 saturated carbocycles. The normalized spacial score (nSPS) is 15.3. The molecule has 1 atom stereocenters. The number of aromatic amines is 1. The van der Waals surface area contributed by atoms with Crippen molar-refractivity contribution in [2.45, 2.75) is 12.5 Å². The molecule has 1 aromatic heterocycles. The number of carbonyl (C=O) groups is 1. The van der Waals surface area contributed by atoms with Gasteiger partial charge in [-0.05, 0) is 36.2 Å². The second-order valence-electron chi connectivity index (χ2n) is 7.23. The third kappa shape index (κ3) is 3.93. The molecule has 1 aliphatic heterocycles. The average molecular weight is 486 g/mol. The van der Waals surface area contributed by atoms with E-state index in [4.69, 9.17) is 14.2 Å². The van der Waals surface area contributed by atoms with Crippen LogP contribution < -0.4 is 9.47 Å². The van der Waals surface area contributed by atoms with Crippen LogP contribution in [-0.2, 0) is 4.74 Å². The fourth-order valence-electron chi connectivity index (χ4n) is 4.00. The van der Waals surface area contributed by atoms with Crippen molar-refractivity contribution >= 4 is 21.8 Å². The van der Waals surface area contributed by atoms with E-state index in [0.717, 1.165) is 33.3 Å². The lowest BCUT2D eigenvalue weighted by molar-refractivity contribution is 0.0723. The first-order valence-corrected chi connectivity index (χ1v) is 10.7.